The molecule has 12 heteroatoms. The minimum atomic E-state index is -1.27. The number of ketones is 1. The fourth-order valence-corrected chi connectivity index (χ4v) is 4.23. The number of benzene rings is 1. The number of carbonyl (C=O) groups excluding carboxylic acids is 3. The van der Waals surface area contributed by atoms with E-state index in [-0.39, 0.29) is 37.4 Å². The normalized spacial score (nSPS) is 17.6. The van der Waals surface area contributed by atoms with E-state index < -0.39 is 42.9 Å². The van der Waals surface area contributed by atoms with Gasteiger partial charge >= 0.3 is 6.09 Å². The summed E-state index contributed by atoms with van der Waals surface area (Å²) in [6.45, 7) is 3.10. The smallest absolute Gasteiger partial charge is 0.408 e. The van der Waals surface area contributed by atoms with Gasteiger partial charge in [0.15, 0.2) is 11.7 Å². The Hall–Kier alpha value is -3.25. The summed E-state index contributed by atoms with van der Waals surface area (Å²) in [5.74, 6) is -1.41. The first-order chi connectivity index (χ1) is 17.6. The number of amides is 2. The van der Waals surface area contributed by atoms with Gasteiger partial charge in [-0.15, -0.1) is 0 Å². The lowest BCUT2D eigenvalue weighted by Crippen LogP contribution is -2.58. The molecule has 1 aliphatic rings. The summed E-state index contributed by atoms with van der Waals surface area (Å²) in [7, 11) is 0. The molecule has 0 spiro atoms. The second kappa shape index (κ2) is 15.1. The number of nitrogens with two attached hydrogens (primary N) is 2. The number of carbonyl (C=O) groups is 3. The first-order valence-electron chi connectivity index (χ1n) is 12.5. The number of hydrogen-bond donors (Lipinski definition) is 5. The molecule has 11 nitrogen and oxygen atoms in total. The zero-order chi connectivity index (χ0) is 27.4. The van der Waals surface area contributed by atoms with E-state index in [1.807, 2.05) is 30.3 Å². The van der Waals surface area contributed by atoms with Crippen molar-refractivity contribution in [1.82, 2.24) is 15.5 Å². The maximum atomic E-state index is 13.4. The van der Waals surface area contributed by atoms with Gasteiger partial charge in [0.25, 0.3) is 0 Å². The molecule has 1 fully saturated rings. The molecule has 1 aromatic carbocycles. The number of Topliss-reactive ketones (excluding diaryl/α,β-unsaturated/α-hetero) is 1. The van der Waals surface area contributed by atoms with Crippen molar-refractivity contribution in [3.05, 3.63) is 35.9 Å². The minimum absolute atomic E-state index is 0.0633. The number of hydrogen-bond acceptors (Lipinski definition) is 7. The highest BCUT2D eigenvalue weighted by Crippen LogP contribution is 2.23. The van der Waals surface area contributed by atoms with E-state index in [4.69, 9.17) is 16.2 Å². The molecular formula is C25H39FN6O5. The van der Waals surface area contributed by atoms with E-state index in [1.54, 1.807) is 13.8 Å². The van der Waals surface area contributed by atoms with Crippen LogP contribution < -0.4 is 22.1 Å². The van der Waals surface area contributed by atoms with Crippen LogP contribution in [0.5, 0.6) is 0 Å². The fraction of sp³-hybridized carbons (Fsp3) is 0.600. The highest BCUT2D eigenvalue weighted by molar-refractivity contribution is 5.87. The third-order valence-electron chi connectivity index (χ3n) is 6.20. The molecule has 0 aromatic heterocycles. The molecule has 0 aliphatic carbocycles. The van der Waals surface area contributed by atoms with Crippen LogP contribution in [0.4, 0.5) is 9.18 Å². The van der Waals surface area contributed by atoms with Gasteiger partial charge < -0.3 is 31.5 Å². The third kappa shape index (κ3) is 9.62. The molecule has 2 amide bonds. The van der Waals surface area contributed by atoms with Crippen LogP contribution in [0, 0.1) is 5.92 Å². The molecule has 206 valence electrons. The van der Waals surface area contributed by atoms with Crippen molar-refractivity contribution in [2.24, 2.45) is 22.4 Å². The summed E-state index contributed by atoms with van der Waals surface area (Å²) >= 11 is 0. The fourth-order valence-electron chi connectivity index (χ4n) is 4.23. The van der Waals surface area contributed by atoms with E-state index in [0.717, 1.165) is 5.56 Å². The topological polar surface area (TPSA) is 172 Å². The molecular weight excluding hydrogens is 483 g/mol. The summed E-state index contributed by atoms with van der Waals surface area (Å²) in [5.41, 5.74) is 11.4. The highest BCUT2D eigenvalue weighted by Gasteiger charge is 2.39. The molecule has 1 aromatic rings. The molecule has 1 saturated heterocycles. The summed E-state index contributed by atoms with van der Waals surface area (Å²) in [5, 5.41) is 16.3. The van der Waals surface area contributed by atoms with E-state index in [0.29, 0.717) is 25.8 Å². The number of alkyl halides is 1. The van der Waals surface area contributed by atoms with Gasteiger partial charge in [0, 0.05) is 13.1 Å². The van der Waals surface area contributed by atoms with Crippen LogP contribution in [-0.2, 0) is 20.9 Å². The number of nitrogens with one attached hydrogen (secondary N) is 2. The van der Waals surface area contributed by atoms with Crippen LogP contribution in [0.1, 0.15) is 45.1 Å². The molecule has 2 rings (SSSR count). The standard InChI is InChI=1S/C25H39FN6O5/c1-16(2)21(31-25(36)37-15-17-8-4-3-5-9-17)23(35)32-13-7-11-19(32)22(34)30-18(20(33)14-26)10-6-12-29-24(27)28/h3-5,8-9,16,18-19,21-22,30,34H,6-7,10-15H2,1-2H3,(H,31,36)(H4,27,28,29)/t18-,19+,21+,22?/m1/s1. The number of halogens is 1. The number of ether oxygens (including phenoxy) is 1. The lowest BCUT2D eigenvalue weighted by atomic mass is 10.0. The molecule has 0 radical (unpaired) electrons. The number of rotatable bonds is 14. The van der Waals surface area contributed by atoms with E-state index >= 15 is 0 Å². The summed E-state index contributed by atoms with van der Waals surface area (Å²) < 4.78 is 18.4. The predicted octanol–water partition coefficient (Wildman–Crippen LogP) is 0.797. The van der Waals surface area contributed by atoms with Crippen molar-refractivity contribution in [1.29, 1.82) is 0 Å². The van der Waals surface area contributed by atoms with Gasteiger partial charge in [-0.2, -0.15) is 0 Å². The Labute approximate surface area is 216 Å². The molecule has 1 aliphatic heterocycles. The maximum Gasteiger partial charge on any atom is 0.408 e. The van der Waals surface area contributed by atoms with Crippen molar-refractivity contribution in [3.63, 3.8) is 0 Å². The number of nitrogens with zero attached hydrogens (tertiary/aromatic N) is 2. The third-order valence-corrected chi connectivity index (χ3v) is 6.20. The van der Waals surface area contributed by atoms with Crippen LogP contribution >= 0.6 is 0 Å². The van der Waals surface area contributed by atoms with E-state index in [1.165, 1.54) is 4.90 Å². The Bertz CT molecular complexity index is 912. The van der Waals surface area contributed by atoms with Gasteiger partial charge in [-0.25, -0.2) is 9.18 Å². The first-order valence-corrected chi connectivity index (χ1v) is 12.5. The summed E-state index contributed by atoms with van der Waals surface area (Å²) in [6.07, 6.45) is -0.280. The van der Waals surface area contributed by atoms with Crippen LogP contribution in [0.3, 0.4) is 0 Å². The Morgan fingerprint density at radius 1 is 1.24 bits per heavy atom. The quantitative estimate of drug-likeness (QED) is 0.103. The Morgan fingerprint density at radius 3 is 2.57 bits per heavy atom. The van der Waals surface area contributed by atoms with Crippen molar-refractivity contribution >= 4 is 23.7 Å². The zero-order valence-corrected chi connectivity index (χ0v) is 21.4. The number of aliphatic hydroxyl groups excluding tert-OH is 1. The van der Waals surface area contributed by atoms with Crippen LogP contribution in [0.15, 0.2) is 35.3 Å². The average Bonchev–Trinajstić information content (AvgIpc) is 3.37. The lowest BCUT2D eigenvalue weighted by Gasteiger charge is -2.34. The number of likely N-dealkylation sites (tertiary alicyclic amines) is 1. The SMILES string of the molecule is CC(C)[C@H](NC(=O)OCc1ccccc1)C(=O)N1CCC[C@H]1C(O)N[C@H](CCCN=C(N)N)C(=O)CF. The predicted molar refractivity (Wildman–Crippen MR) is 137 cm³/mol. The van der Waals surface area contributed by atoms with Gasteiger partial charge in [-0.1, -0.05) is 44.2 Å². The van der Waals surface area contributed by atoms with Gasteiger partial charge in [-0.05, 0) is 37.2 Å². The molecule has 37 heavy (non-hydrogen) atoms. The molecule has 4 atom stereocenters. The van der Waals surface area contributed by atoms with Crippen molar-refractivity contribution in [3.8, 4) is 0 Å². The van der Waals surface area contributed by atoms with Crippen molar-refractivity contribution < 1.29 is 28.6 Å². The largest absolute Gasteiger partial charge is 0.445 e. The molecule has 0 bridgehead atoms. The minimum Gasteiger partial charge on any atom is -0.445 e. The number of aliphatic hydroxyl groups is 1. The summed E-state index contributed by atoms with van der Waals surface area (Å²) in [4.78, 5) is 43.3. The van der Waals surface area contributed by atoms with Gasteiger partial charge in [0.2, 0.25) is 5.91 Å². The van der Waals surface area contributed by atoms with Crippen LogP contribution in [-0.4, -0.2) is 77.9 Å². The van der Waals surface area contributed by atoms with Gasteiger partial charge in [0.1, 0.15) is 25.6 Å². The number of guanidine groups is 1. The Morgan fingerprint density at radius 2 is 1.95 bits per heavy atom. The maximum absolute atomic E-state index is 13.4. The van der Waals surface area contributed by atoms with E-state index in [2.05, 4.69) is 15.6 Å². The van der Waals surface area contributed by atoms with Crippen molar-refractivity contribution in [2.45, 2.75) is 70.5 Å². The van der Waals surface area contributed by atoms with Crippen LogP contribution in [0.25, 0.3) is 0 Å². The monoisotopic (exact) mass is 522 g/mol. The zero-order valence-electron chi connectivity index (χ0n) is 21.4. The van der Waals surface area contributed by atoms with Crippen LogP contribution in [0.2, 0.25) is 0 Å². The van der Waals surface area contributed by atoms with Gasteiger partial charge in [-0.3, -0.25) is 19.9 Å². The number of alkyl carbamates (subject to hydrolysis) is 1. The molecule has 1 heterocycles. The highest BCUT2D eigenvalue weighted by atomic mass is 19.1. The second-order valence-corrected chi connectivity index (χ2v) is 9.38. The molecule has 7 N–H and O–H groups in total. The average molecular weight is 523 g/mol. The second-order valence-electron chi connectivity index (χ2n) is 9.38. The van der Waals surface area contributed by atoms with Crippen molar-refractivity contribution in [2.75, 3.05) is 19.8 Å². The molecule has 0 saturated carbocycles. The Balaban J connectivity index is 2.00. The number of aliphatic imine (C=N–C) groups is 1. The Kier molecular flexibility index (Phi) is 12.2. The summed E-state index contributed by atoms with van der Waals surface area (Å²) in [6, 6.07) is 6.68. The van der Waals surface area contributed by atoms with E-state index in [9.17, 15) is 23.9 Å². The van der Waals surface area contributed by atoms with Gasteiger partial charge in [0.05, 0.1) is 12.1 Å². The lowest BCUT2D eigenvalue weighted by molar-refractivity contribution is -0.138. The first kappa shape index (κ1) is 30.0. The molecule has 1 unspecified atom stereocenters.